The van der Waals surface area contributed by atoms with Crippen molar-refractivity contribution in [1.29, 1.82) is 0 Å². The van der Waals surface area contributed by atoms with Crippen LogP contribution in [0.1, 0.15) is 6.92 Å². The summed E-state index contributed by atoms with van der Waals surface area (Å²) < 4.78 is 22.5. The molecule has 0 rings (SSSR count). The highest BCUT2D eigenvalue weighted by Gasteiger charge is 2.19. The second-order valence-electron chi connectivity index (χ2n) is 1.32. The van der Waals surface area contributed by atoms with Crippen molar-refractivity contribution >= 4 is 17.4 Å². The predicted octanol–water partition coefficient (Wildman–Crippen LogP) is 1.45. The summed E-state index contributed by atoms with van der Waals surface area (Å²) in [6, 6.07) is 0. The van der Waals surface area contributed by atoms with Gasteiger partial charge in [0, 0.05) is 0 Å². The van der Waals surface area contributed by atoms with E-state index in [0.29, 0.717) is 0 Å². The quantitative estimate of drug-likeness (QED) is 0.534. The van der Waals surface area contributed by atoms with Crippen LogP contribution < -0.4 is 0 Å². The van der Waals surface area contributed by atoms with Crippen LogP contribution in [0, 0.1) is 0 Å². The normalized spacial score (nSPS) is 14.1. The molecule has 0 amide bonds. The second kappa shape index (κ2) is 2.97. The van der Waals surface area contributed by atoms with Crippen LogP contribution in [0.4, 0.5) is 8.78 Å². The van der Waals surface area contributed by atoms with Gasteiger partial charge in [0.15, 0.2) is 0 Å². The summed E-state index contributed by atoms with van der Waals surface area (Å²) >= 11 is 4.99. The monoisotopic (exact) mass is 142 g/mol. The van der Waals surface area contributed by atoms with E-state index < -0.39 is 17.6 Å². The van der Waals surface area contributed by atoms with Crippen molar-refractivity contribution in [2.24, 2.45) is 0 Å². The largest absolute Gasteiger partial charge is 0.297 e. The molecule has 0 fully saturated rings. The second-order valence-corrected chi connectivity index (χ2v) is 1.97. The SMILES string of the molecule is CC(Cl)C(=O)C(F)F. The average Bonchev–Trinajstić information content (AvgIpc) is 1.64. The van der Waals surface area contributed by atoms with Gasteiger partial charge >= 0.3 is 0 Å². The molecule has 0 aliphatic heterocycles. The lowest BCUT2D eigenvalue weighted by Crippen LogP contribution is -2.18. The molecule has 1 unspecified atom stereocenters. The van der Waals surface area contributed by atoms with E-state index in [1.165, 1.54) is 6.92 Å². The van der Waals surface area contributed by atoms with Gasteiger partial charge in [-0.3, -0.25) is 4.79 Å². The fraction of sp³-hybridized carbons (Fsp3) is 0.750. The summed E-state index contributed by atoms with van der Waals surface area (Å²) in [5.41, 5.74) is 0. The van der Waals surface area contributed by atoms with Gasteiger partial charge < -0.3 is 0 Å². The molecule has 0 saturated carbocycles. The lowest BCUT2D eigenvalue weighted by Gasteiger charge is -1.96. The topological polar surface area (TPSA) is 17.1 Å². The molecule has 0 radical (unpaired) electrons. The minimum Gasteiger partial charge on any atom is -0.292 e. The summed E-state index contributed by atoms with van der Waals surface area (Å²) in [5, 5.41) is -1.07. The first-order chi connectivity index (χ1) is 3.55. The van der Waals surface area contributed by atoms with Crippen LogP contribution in [0.25, 0.3) is 0 Å². The molecule has 0 aromatic rings. The Morgan fingerprint density at radius 3 is 2.00 bits per heavy atom. The summed E-state index contributed by atoms with van der Waals surface area (Å²) in [7, 11) is 0. The van der Waals surface area contributed by atoms with Gasteiger partial charge in [-0.05, 0) is 6.92 Å². The van der Waals surface area contributed by atoms with Crippen molar-refractivity contribution in [2.75, 3.05) is 0 Å². The van der Waals surface area contributed by atoms with E-state index in [1.807, 2.05) is 0 Å². The summed E-state index contributed by atoms with van der Waals surface area (Å²) in [4.78, 5) is 9.96. The highest BCUT2D eigenvalue weighted by molar-refractivity contribution is 6.31. The van der Waals surface area contributed by atoms with Crippen LogP contribution in [-0.4, -0.2) is 17.6 Å². The van der Waals surface area contributed by atoms with E-state index in [2.05, 4.69) is 0 Å². The highest BCUT2D eigenvalue weighted by Crippen LogP contribution is 2.03. The predicted molar refractivity (Wildman–Crippen MR) is 26.3 cm³/mol. The lowest BCUT2D eigenvalue weighted by atomic mass is 10.3. The molecule has 1 nitrogen and oxygen atoms in total. The van der Waals surface area contributed by atoms with E-state index in [1.54, 1.807) is 0 Å². The Labute approximate surface area is 50.6 Å². The van der Waals surface area contributed by atoms with Crippen LogP contribution >= 0.6 is 11.6 Å². The van der Waals surface area contributed by atoms with Gasteiger partial charge in [0.1, 0.15) is 0 Å². The molecule has 0 aliphatic rings. The van der Waals surface area contributed by atoms with E-state index >= 15 is 0 Å². The molecule has 4 heteroatoms. The van der Waals surface area contributed by atoms with Gasteiger partial charge in [-0.15, -0.1) is 11.6 Å². The Bertz CT molecular complexity index is 82.0. The Morgan fingerprint density at radius 1 is 1.62 bits per heavy atom. The van der Waals surface area contributed by atoms with E-state index in [0.717, 1.165) is 0 Å². The van der Waals surface area contributed by atoms with Crippen molar-refractivity contribution in [3.63, 3.8) is 0 Å². The van der Waals surface area contributed by atoms with Crippen LogP contribution in [-0.2, 0) is 4.79 Å². The molecule has 0 bridgehead atoms. The Balaban J connectivity index is 3.65. The fourth-order valence-corrected chi connectivity index (χ4v) is 0.269. The van der Waals surface area contributed by atoms with Crippen LogP contribution in [0.15, 0.2) is 0 Å². The van der Waals surface area contributed by atoms with Gasteiger partial charge in [-0.25, -0.2) is 8.78 Å². The molecule has 0 aromatic carbocycles. The van der Waals surface area contributed by atoms with Crippen molar-refractivity contribution < 1.29 is 13.6 Å². The van der Waals surface area contributed by atoms with E-state index in [9.17, 15) is 13.6 Å². The van der Waals surface area contributed by atoms with Gasteiger partial charge in [-0.2, -0.15) is 0 Å². The van der Waals surface area contributed by atoms with Gasteiger partial charge in [-0.1, -0.05) is 0 Å². The third-order valence-electron chi connectivity index (χ3n) is 0.607. The van der Waals surface area contributed by atoms with Gasteiger partial charge in [0.25, 0.3) is 6.43 Å². The Kier molecular flexibility index (Phi) is 2.90. The summed E-state index contributed by atoms with van der Waals surface area (Å²) in [6.45, 7) is 1.22. The zero-order chi connectivity index (χ0) is 6.73. The van der Waals surface area contributed by atoms with Gasteiger partial charge in [0.2, 0.25) is 5.78 Å². The molecule has 0 saturated heterocycles. The standard InChI is InChI=1S/C4H5ClF2O/c1-2(5)3(8)4(6)7/h2,4H,1H3. The first-order valence-electron chi connectivity index (χ1n) is 2.01. The molecule has 8 heavy (non-hydrogen) atoms. The minimum absolute atomic E-state index is 1.07. The van der Waals surface area contributed by atoms with Crippen LogP contribution in [0.5, 0.6) is 0 Å². The number of ketones is 1. The molecule has 0 N–H and O–H groups in total. The number of carbonyl (C=O) groups is 1. The van der Waals surface area contributed by atoms with Crippen LogP contribution in [0.2, 0.25) is 0 Å². The maximum atomic E-state index is 11.2. The first-order valence-corrected chi connectivity index (χ1v) is 2.45. The van der Waals surface area contributed by atoms with Crippen molar-refractivity contribution in [3.8, 4) is 0 Å². The number of halogens is 3. The number of carbonyl (C=O) groups excluding carboxylic acids is 1. The van der Waals surface area contributed by atoms with Crippen molar-refractivity contribution in [1.82, 2.24) is 0 Å². The van der Waals surface area contributed by atoms with E-state index in [-0.39, 0.29) is 0 Å². The Hall–Kier alpha value is -0.180. The average molecular weight is 143 g/mol. The number of hydrogen-bond acceptors (Lipinski definition) is 1. The van der Waals surface area contributed by atoms with Crippen molar-refractivity contribution in [2.45, 2.75) is 18.7 Å². The van der Waals surface area contributed by atoms with E-state index in [4.69, 9.17) is 11.6 Å². The maximum absolute atomic E-state index is 11.2. The molecule has 0 aromatic heterocycles. The first kappa shape index (κ1) is 7.82. The zero-order valence-corrected chi connectivity index (χ0v) is 4.95. The number of rotatable bonds is 2. The number of alkyl halides is 3. The molecule has 1 atom stereocenters. The van der Waals surface area contributed by atoms with Crippen molar-refractivity contribution in [3.05, 3.63) is 0 Å². The number of Topliss-reactive ketones (excluding diaryl/α,β-unsaturated/α-hetero) is 1. The fourth-order valence-electron chi connectivity index (χ4n) is 0.174. The Morgan fingerprint density at radius 2 is 2.00 bits per heavy atom. The number of hydrogen-bond donors (Lipinski definition) is 0. The summed E-state index contributed by atoms with van der Waals surface area (Å²) in [6.07, 6.45) is -2.93. The molecule has 48 valence electrons. The highest BCUT2D eigenvalue weighted by atomic mass is 35.5. The minimum atomic E-state index is -2.93. The molecule has 0 heterocycles. The molecular weight excluding hydrogens is 137 g/mol. The van der Waals surface area contributed by atoms with Crippen LogP contribution in [0.3, 0.4) is 0 Å². The smallest absolute Gasteiger partial charge is 0.292 e. The lowest BCUT2D eigenvalue weighted by molar-refractivity contribution is -0.128. The third-order valence-corrected chi connectivity index (χ3v) is 0.822. The molecule has 0 aliphatic carbocycles. The van der Waals surface area contributed by atoms with Gasteiger partial charge in [0.05, 0.1) is 5.38 Å². The third kappa shape index (κ3) is 2.21. The maximum Gasteiger partial charge on any atom is 0.297 e. The molecule has 0 spiro atoms. The molecular formula is C4H5ClF2O. The summed E-state index contributed by atoms with van der Waals surface area (Å²) in [5.74, 6) is -1.22. The zero-order valence-electron chi connectivity index (χ0n) is 4.20.